The fourth-order valence-corrected chi connectivity index (χ4v) is 1.24. The van der Waals surface area contributed by atoms with Gasteiger partial charge < -0.3 is 10.2 Å². The molecule has 0 fully saturated rings. The van der Waals surface area contributed by atoms with Crippen molar-refractivity contribution in [1.29, 1.82) is 5.26 Å². The molecule has 74 valence electrons. The van der Waals surface area contributed by atoms with E-state index in [2.05, 4.69) is 4.98 Å². The first-order valence-electron chi connectivity index (χ1n) is 3.99. The summed E-state index contributed by atoms with van der Waals surface area (Å²) in [6, 6.07) is 3.28. The lowest BCUT2D eigenvalue weighted by atomic mass is 10.0. The maximum absolute atomic E-state index is 9.58. The maximum atomic E-state index is 9.58. The van der Waals surface area contributed by atoms with Gasteiger partial charge in [0.2, 0.25) is 0 Å². The van der Waals surface area contributed by atoms with E-state index in [0.29, 0.717) is 10.6 Å². The number of rotatable bonds is 3. The standard InChI is InChI=1S/C9H9ClN2O2/c10-7-2-4-12-5-6(7)9(14)8(13)1-3-11/h2,4-5,8-9,13-14H,1H2. The molecule has 0 aromatic carbocycles. The van der Waals surface area contributed by atoms with E-state index >= 15 is 0 Å². The van der Waals surface area contributed by atoms with Gasteiger partial charge in [-0.25, -0.2) is 0 Å². The first-order chi connectivity index (χ1) is 6.66. The Balaban J connectivity index is 2.84. The van der Waals surface area contributed by atoms with Crippen LogP contribution in [0.25, 0.3) is 0 Å². The van der Waals surface area contributed by atoms with Crippen molar-refractivity contribution in [2.45, 2.75) is 18.6 Å². The Morgan fingerprint density at radius 1 is 1.57 bits per heavy atom. The molecule has 14 heavy (non-hydrogen) atoms. The van der Waals surface area contributed by atoms with E-state index in [-0.39, 0.29) is 6.42 Å². The van der Waals surface area contributed by atoms with Crippen LogP contribution in [-0.4, -0.2) is 21.3 Å². The number of aliphatic hydroxyl groups is 2. The zero-order valence-electron chi connectivity index (χ0n) is 7.26. The topological polar surface area (TPSA) is 77.1 Å². The predicted molar refractivity (Wildman–Crippen MR) is 50.4 cm³/mol. The average Bonchev–Trinajstić information content (AvgIpc) is 2.18. The summed E-state index contributed by atoms with van der Waals surface area (Å²) in [5.41, 5.74) is 0.330. The third kappa shape index (κ3) is 2.42. The summed E-state index contributed by atoms with van der Waals surface area (Å²) < 4.78 is 0. The molecular weight excluding hydrogens is 204 g/mol. The molecule has 4 nitrogen and oxygen atoms in total. The summed E-state index contributed by atoms with van der Waals surface area (Å²) in [6.45, 7) is 0. The second-order valence-electron chi connectivity index (χ2n) is 2.77. The molecule has 0 aliphatic carbocycles. The molecule has 0 bridgehead atoms. The van der Waals surface area contributed by atoms with Crippen LogP contribution in [0.2, 0.25) is 5.02 Å². The molecule has 2 unspecified atom stereocenters. The molecule has 1 aromatic heterocycles. The highest BCUT2D eigenvalue weighted by molar-refractivity contribution is 6.31. The van der Waals surface area contributed by atoms with Gasteiger partial charge in [0.1, 0.15) is 6.10 Å². The Hall–Kier alpha value is -1.15. The predicted octanol–water partition coefficient (Wildman–Crippen LogP) is 1.04. The fraction of sp³-hybridized carbons (Fsp3) is 0.333. The lowest BCUT2D eigenvalue weighted by Gasteiger charge is -2.15. The summed E-state index contributed by atoms with van der Waals surface area (Å²) in [5, 5.41) is 27.6. The smallest absolute Gasteiger partial charge is 0.109 e. The zero-order chi connectivity index (χ0) is 10.6. The molecule has 0 aliphatic heterocycles. The molecule has 0 saturated carbocycles. The molecule has 0 aliphatic rings. The van der Waals surface area contributed by atoms with Crippen LogP contribution in [0.1, 0.15) is 18.1 Å². The molecular formula is C9H9ClN2O2. The van der Waals surface area contributed by atoms with Crippen molar-refractivity contribution >= 4 is 11.6 Å². The third-order valence-corrected chi connectivity index (χ3v) is 2.12. The number of hydrogen-bond acceptors (Lipinski definition) is 4. The minimum Gasteiger partial charge on any atom is -0.389 e. The van der Waals surface area contributed by atoms with Crippen LogP contribution < -0.4 is 0 Å². The van der Waals surface area contributed by atoms with Gasteiger partial charge in [-0.3, -0.25) is 4.98 Å². The summed E-state index contributed by atoms with van der Waals surface area (Å²) in [6.07, 6.45) is 0.396. The van der Waals surface area contributed by atoms with Crippen molar-refractivity contribution in [3.8, 4) is 6.07 Å². The highest BCUT2D eigenvalue weighted by atomic mass is 35.5. The molecule has 2 atom stereocenters. The largest absolute Gasteiger partial charge is 0.389 e. The number of aliphatic hydroxyl groups excluding tert-OH is 2. The van der Waals surface area contributed by atoms with Crippen LogP contribution >= 0.6 is 11.6 Å². The zero-order valence-corrected chi connectivity index (χ0v) is 8.02. The normalized spacial score (nSPS) is 14.4. The van der Waals surface area contributed by atoms with Gasteiger partial charge in [-0.15, -0.1) is 0 Å². The molecule has 1 aromatic rings. The maximum Gasteiger partial charge on any atom is 0.109 e. The minimum absolute atomic E-state index is 0.146. The summed E-state index contributed by atoms with van der Waals surface area (Å²) in [7, 11) is 0. The highest BCUT2D eigenvalue weighted by Crippen LogP contribution is 2.24. The second-order valence-corrected chi connectivity index (χ2v) is 3.18. The van der Waals surface area contributed by atoms with E-state index in [0.717, 1.165) is 0 Å². The van der Waals surface area contributed by atoms with Crippen molar-refractivity contribution in [2.75, 3.05) is 0 Å². The lowest BCUT2D eigenvalue weighted by Crippen LogP contribution is -2.17. The van der Waals surface area contributed by atoms with Gasteiger partial charge in [0.05, 0.1) is 18.6 Å². The number of pyridine rings is 1. The van der Waals surface area contributed by atoms with Crippen molar-refractivity contribution in [1.82, 2.24) is 4.98 Å². The fourth-order valence-electron chi connectivity index (χ4n) is 1.02. The Morgan fingerprint density at radius 3 is 2.86 bits per heavy atom. The highest BCUT2D eigenvalue weighted by Gasteiger charge is 2.20. The van der Waals surface area contributed by atoms with Crippen LogP contribution in [0.4, 0.5) is 0 Å². The number of nitrogens with zero attached hydrogens (tertiary/aromatic N) is 2. The molecule has 5 heteroatoms. The van der Waals surface area contributed by atoms with Gasteiger partial charge in [-0.1, -0.05) is 11.6 Å². The van der Waals surface area contributed by atoms with Crippen LogP contribution in [0.15, 0.2) is 18.5 Å². The van der Waals surface area contributed by atoms with Crippen LogP contribution in [0, 0.1) is 11.3 Å². The van der Waals surface area contributed by atoms with Gasteiger partial charge in [-0.2, -0.15) is 5.26 Å². The van der Waals surface area contributed by atoms with Gasteiger partial charge in [0.15, 0.2) is 0 Å². The van der Waals surface area contributed by atoms with E-state index in [9.17, 15) is 10.2 Å². The van der Waals surface area contributed by atoms with E-state index in [1.54, 1.807) is 6.07 Å². The third-order valence-electron chi connectivity index (χ3n) is 1.78. The number of aromatic nitrogens is 1. The van der Waals surface area contributed by atoms with Crippen molar-refractivity contribution in [3.05, 3.63) is 29.0 Å². The Bertz CT molecular complexity index is 351. The summed E-state index contributed by atoms with van der Waals surface area (Å²) in [5.74, 6) is 0. The van der Waals surface area contributed by atoms with Crippen molar-refractivity contribution < 1.29 is 10.2 Å². The molecule has 0 amide bonds. The molecule has 0 saturated heterocycles. The summed E-state index contributed by atoms with van der Waals surface area (Å²) >= 11 is 5.77. The Kier molecular flexibility index (Phi) is 3.84. The molecule has 0 spiro atoms. The molecule has 2 N–H and O–H groups in total. The molecule has 1 rings (SSSR count). The number of hydrogen-bond donors (Lipinski definition) is 2. The quantitative estimate of drug-likeness (QED) is 0.785. The van der Waals surface area contributed by atoms with Crippen molar-refractivity contribution in [2.24, 2.45) is 0 Å². The lowest BCUT2D eigenvalue weighted by molar-refractivity contribution is 0.0215. The van der Waals surface area contributed by atoms with Gasteiger partial charge >= 0.3 is 0 Å². The van der Waals surface area contributed by atoms with E-state index < -0.39 is 12.2 Å². The monoisotopic (exact) mass is 212 g/mol. The van der Waals surface area contributed by atoms with Crippen LogP contribution in [0.5, 0.6) is 0 Å². The first-order valence-corrected chi connectivity index (χ1v) is 4.37. The van der Waals surface area contributed by atoms with Gasteiger partial charge in [-0.05, 0) is 6.07 Å². The second kappa shape index (κ2) is 4.91. The van der Waals surface area contributed by atoms with Gasteiger partial charge in [0.25, 0.3) is 0 Å². The molecule has 1 heterocycles. The Morgan fingerprint density at radius 2 is 2.29 bits per heavy atom. The SMILES string of the molecule is N#CCC(O)C(O)c1cnccc1Cl. The first kappa shape index (κ1) is 10.9. The summed E-state index contributed by atoms with van der Waals surface area (Å²) in [4.78, 5) is 3.77. The van der Waals surface area contributed by atoms with Crippen molar-refractivity contribution in [3.63, 3.8) is 0 Å². The number of halogens is 1. The average molecular weight is 213 g/mol. The van der Waals surface area contributed by atoms with Crippen LogP contribution in [0.3, 0.4) is 0 Å². The number of nitriles is 1. The van der Waals surface area contributed by atoms with Crippen LogP contribution in [-0.2, 0) is 0 Å². The Labute approximate surface area is 86.4 Å². The van der Waals surface area contributed by atoms with Gasteiger partial charge in [0, 0.05) is 23.0 Å². The van der Waals surface area contributed by atoms with E-state index in [4.69, 9.17) is 16.9 Å². The van der Waals surface area contributed by atoms with E-state index in [1.807, 2.05) is 0 Å². The van der Waals surface area contributed by atoms with E-state index in [1.165, 1.54) is 18.5 Å². The minimum atomic E-state index is -1.17. The molecule has 0 radical (unpaired) electrons.